The predicted molar refractivity (Wildman–Crippen MR) is 80.4 cm³/mol. The molecule has 1 atom stereocenters. The topological polar surface area (TPSA) is 93.0 Å². The van der Waals surface area contributed by atoms with Crippen LogP contribution in [0.2, 0.25) is 5.15 Å². The van der Waals surface area contributed by atoms with Crippen LogP contribution in [0.3, 0.4) is 0 Å². The van der Waals surface area contributed by atoms with Crippen LogP contribution >= 0.6 is 34.2 Å². The molecule has 0 saturated carbocycles. The minimum Gasteiger partial charge on any atom is -0.486 e. The van der Waals surface area contributed by atoms with Crippen LogP contribution in [-0.2, 0) is 4.84 Å². The fourth-order valence-corrected chi connectivity index (χ4v) is 2.32. The normalized spacial score (nSPS) is 17.3. The van der Waals surface area contributed by atoms with Gasteiger partial charge in [0.15, 0.2) is 17.0 Å². The average molecular weight is 412 g/mol. The van der Waals surface area contributed by atoms with E-state index in [1.54, 1.807) is 12.1 Å². The van der Waals surface area contributed by atoms with Gasteiger partial charge in [0.25, 0.3) is 0 Å². The lowest BCUT2D eigenvalue weighted by Gasteiger charge is -2.11. The molecular formula is C11H11ClIN3O4. The number of pyridine rings is 1. The number of aromatic nitrogens is 1. The van der Waals surface area contributed by atoms with Gasteiger partial charge in [0.2, 0.25) is 0 Å². The minimum atomic E-state index is -1.09. The Bertz CT molecular complexity index is 540. The fourth-order valence-electron chi connectivity index (χ4n) is 1.55. The van der Waals surface area contributed by atoms with E-state index in [1.807, 2.05) is 0 Å². The molecule has 0 fully saturated rings. The molecule has 1 amide bonds. The van der Waals surface area contributed by atoms with Crippen molar-refractivity contribution in [1.82, 2.24) is 10.3 Å². The molecule has 1 aromatic rings. The van der Waals surface area contributed by atoms with Gasteiger partial charge < -0.3 is 20.0 Å². The van der Waals surface area contributed by atoms with Crippen molar-refractivity contribution in [2.24, 2.45) is 5.16 Å². The van der Waals surface area contributed by atoms with E-state index in [4.69, 9.17) is 26.3 Å². The number of rotatable bonds is 5. The number of oxime groups is 1. The first-order valence-electron chi connectivity index (χ1n) is 5.68. The second-order valence-electron chi connectivity index (χ2n) is 3.98. The molecule has 0 aromatic carbocycles. The van der Waals surface area contributed by atoms with Crippen LogP contribution in [0.5, 0.6) is 5.75 Å². The average Bonchev–Trinajstić information content (AvgIpc) is 2.83. The fraction of sp³-hybridized carbons (Fsp3) is 0.364. The second-order valence-corrected chi connectivity index (χ2v) is 5.44. The minimum absolute atomic E-state index is 0.150. The van der Waals surface area contributed by atoms with Crippen LogP contribution in [0.25, 0.3) is 0 Å². The summed E-state index contributed by atoms with van der Waals surface area (Å²) in [6.07, 6.45) is -0.838. The van der Waals surface area contributed by atoms with Crippen molar-refractivity contribution < 1.29 is 19.5 Å². The molecule has 2 N–H and O–H groups in total. The van der Waals surface area contributed by atoms with Crippen LogP contribution in [0, 0.1) is 3.70 Å². The summed E-state index contributed by atoms with van der Waals surface area (Å²) in [4.78, 5) is 19.6. The van der Waals surface area contributed by atoms with E-state index in [0.29, 0.717) is 23.0 Å². The molecule has 2 rings (SSSR count). The van der Waals surface area contributed by atoms with Crippen molar-refractivity contribution in [3.8, 4) is 5.75 Å². The Morgan fingerprint density at radius 2 is 2.45 bits per heavy atom. The van der Waals surface area contributed by atoms with Crippen molar-refractivity contribution in [2.45, 2.75) is 12.5 Å². The van der Waals surface area contributed by atoms with E-state index >= 15 is 0 Å². The molecule has 1 aliphatic rings. The largest absolute Gasteiger partial charge is 0.486 e. The molecule has 108 valence electrons. The van der Waals surface area contributed by atoms with Gasteiger partial charge in [0, 0.05) is 6.42 Å². The number of halogens is 2. The van der Waals surface area contributed by atoms with Gasteiger partial charge in [-0.15, -0.1) is 0 Å². The van der Waals surface area contributed by atoms with Crippen molar-refractivity contribution >= 4 is 46.0 Å². The molecule has 0 bridgehead atoms. The van der Waals surface area contributed by atoms with Gasteiger partial charge >= 0.3 is 6.09 Å². The van der Waals surface area contributed by atoms with Gasteiger partial charge in [-0.3, -0.25) is 0 Å². The number of carboxylic acid groups (broad SMARTS) is 1. The Morgan fingerprint density at radius 1 is 1.65 bits per heavy atom. The highest BCUT2D eigenvalue weighted by Crippen LogP contribution is 2.23. The van der Waals surface area contributed by atoms with E-state index < -0.39 is 6.09 Å². The summed E-state index contributed by atoms with van der Waals surface area (Å²) in [7, 11) is 0. The zero-order valence-electron chi connectivity index (χ0n) is 10.2. The van der Waals surface area contributed by atoms with Crippen LogP contribution in [0.4, 0.5) is 4.79 Å². The Hall–Kier alpha value is -1.29. The summed E-state index contributed by atoms with van der Waals surface area (Å²) in [6, 6.07) is 3.52. The Balaban J connectivity index is 1.78. The Kier molecular flexibility index (Phi) is 5.24. The molecule has 0 saturated heterocycles. The van der Waals surface area contributed by atoms with E-state index in [2.05, 4.69) is 38.0 Å². The van der Waals surface area contributed by atoms with Gasteiger partial charge in [-0.1, -0.05) is 16.8 Å². The third-order valence-corrected chi connectivity index (χ3v) is 3.31. The Labute approximate surface area is 133 Å². The number of hydrogen-bond acceptors (Lipinski definition) is 5. The van der Waals surface area contributed by atoms with E-state index in [1.165, 1.54) is 0 Å². The van der Waals surface area contributed by atoms with Gasteiger partial charge in [0.1, 0.15) is 10.3 Å². The molecule has 0 spiro atoms. The lowest BCUT2D eigenvalue weighted by atomic mass is 10.2. The third-order valence-electron chi connectivity index (χ3n) is 2.44. The van der Waals surface area contributed by atoms with Crippen LogP contribution < -0.4 is 10.1 Å². The molecule has 9 heteroatoms. The highest BCUT2D eigenvalue weighted by atomic mass is 127. The molecule has 0 aliphatic carbocycles. The lowest BCUT2D eigenvalue weighted by molar-refractivity contribution is 0.0470. The number of ether oxygens (including phenoxy) is 1. The zero-order chi connectivity index (χ0) is 14.5. The Morgan fingerprint density at radius 3 is 3.15 bits per heavy atom. The first-order valence-corrected chi connectivity index (χ1v) is 7.13. The van der Waals surface area contributed by atoms with Gasteiger partial charge in [-0.05, 0) is 34.7 Å². The standard InChI is InChI=1S/C11H11ClIN3O4/c12-10-8(1-2-9(13)15-10)19-5-7-3-6(16-20-7)4-14-11(17)18/h1-2,7,14H,3-5H2,(H,17,18). The smallest absolute Gasteiger partial charge is 0.404 e. The number of nitrogens with one attached hydrogen (secondary N) is 1. The molecular weight excluding hydrogens is 400 g/mol. The summed E-state index contributed by atoms with van der Waals surface area (Å²) in [5, 5.41) is 14.8. The third kappa shape index (κ3) is 4.37. The van der Waals surface area contributed by atoms with E-state index in [9.17, 15) is 4.79 Å². The predicted octanol–water partition coefficient (Wildman–Crippen LogP) is 2.13. The van der Waals surface area contributed by atoms with E-state index in [0.717, 1.165) is 3.70 Å². The highest BCUT2D eigenvalue weighted by molar-refractivity contribution is 14.1. The molecule has 1 aromatic heterocycles. The lowest BCUT2D eigenvalue weighted by Crippen LogP contribution is -2.28. The summed E-state index contributed by atoms with van der Waals surface area (Å²) in [5.41, 5.74) is 0.632. The summed E-state index contributed by atoms with van der Waals surface area (Å²) in [6.45, 7) is 0.416. The highest BCUT2D eigenvalue weighted by Gasteiger charge is 2.22. The van der Waals surface area contributed by atoms with Crippen molar-refractivity contribution in [1.29, 1.82) is 0 Å². The molecule has 1 aliphatic heterocycles. The summed E-state index contributed by atoms with van der Waals surface area (Å²) in [5.74, 6) is 0.479. The van der Waals surface area contributed by atoms with Gasteiger partial charge in [-0.2, -0.15) is 0 Å². The molecule has 2 heterocycles. The monoisotopic (exact) mass is 411 g/mol. The molecule has 7 nitrogen and oxygen atoms in total. The number of hydrogen-bond donors (Lipinski definition) is 2. The number of carbonyl (C=O) groups is 1. The first-order chi connectivity index (χ1) is 9.54. The van der Waals surface area contributed by atoms with E-state index in [-0.39, 0.29) is 19.3 Å². The number of nitrogens with zero attached hydrogens (tertiary/aromatic N) is 2. The SMILES string of the molecule is O=C(O)NCC1=NOC(COc2ccc(I)nc2Cl)C1. The molecule has 1 unspecified atom stereocenters. The van der Waals surface area contributed by atoms with Crippen LogP contribution in [-0.4, -0.2) is 41.2 Å². The zero-order valence-corrected chi connectivity index (χ0v) is 13.1. The van der Waals surface area contributed by atoms with Crippen molar-refractivity contribution in [3.05, 3.63) is 21.0 Å². The summed E-state index contributed by atoms with van der Waals surface area (Å²) < 4.78 is 6.30. The maximum atomic E-state index is 10.4. The molecule has 20 heavy (non-hydrogen) atoms. The second kappa shape index (κ2) is 6.93. The maximum Gasteiger partial charge on any atom is 0.404 e. The summed E-state index contributed by atoms with van der Waals surface area (Å²) >= 11 is 8.00. The van der Waals surface area contributed by atoms with Crippen LogP contribution in [0.15, 0.2) is 17.3 Å². The maximum absolute atomic E-state index is 10.4. The molecule has 0 radical (unpaired) electrons. The van der Waals surface area contributed by atoms with Gasteiger partial charge in [-0.25, -0.2) is 9.78 Å². The van der Waals surface area contributed by atoms with Crippen molar-refractivity contribution in [2.75, 3.05) is 13.2 Å². The quantitative estimate of drug-likeness (QED) is 0.572. The van der Waals surface area contributed by atoms with Gasteiger partial charge in [0.05, 0.1) is 12.3 Å². The van der Waals surface area contributed by atoms with Crippen molar-refractivity contribution in [3.63, 3.8) is 0 Å². The van der Waals surface area contributed by atoms with Crippen LogP contribution in [0.1, 0.15) is 6.42 Å². The first kappa shape index (κ1) is 15.1. The number of amides is 1.